The maximum Gasteiger partial charge on any atom is 0.00863 e. The van der Waals surface area contributed by atoms with Crippen molar-refractivity contribution in [3.05, 3.63) is 23.9 Å². The molecule has 1 atom stereocenters. The second-order valence-electron chi connectivity index (χ2n) is 4.39. The number of hydrogen-bond donors (Lipinski definition) is 1. The Labute approximate surface area is 80.7 Å². The summed E-state index contributed by atoms with van der Waals surface area (Å²) in [6, 6.07) is 0. The third-order valence-corrected chi connectivity index (χ3v) is 3.40. The average molecular weight is 177 g/mol. The zero-order valence-electron chi connectivity index (χ0n) is 8.21. The molecule has 0 aliphatic heterocycles. The summed E-state index contributed by atoms with van der Waals surface area (Å²) in [5.74, 6) is 1.66. The van der Waals surface area contributed by atoms with Crippen LogP contribution in [0.3, 0.4) is 0 Å². The van der Waals surface area contributed by atoms with Gasteiger partial charge in [-0.1, -0.05) is 31.4 Å². The van der Waals surface area contributed by atoms with Gasteiger partial charge in [-0.15, -0.1) is 0 Å². The van der Waals surface area contributed by atoms with Gasteiger partial charge in [0.05, 0.1) is 0 Å². The van der Waals surface area contributed by atoms with Crippen molar-refractivity contribution in [2.75, 3.05) is 0 Å². The van der Waals surface area contributed by atoms with Crippen LogP contribution in [-0.4, -0.2) is 0 Å². The van der Waals surface area contributed by atoms with E-state index in [1.165, 1.54) is 32.1 Å². The van der Waals surface area contributed by atoms with Gasteiger partial charge in [0.2, 0.25) is 0 Å². The highest BCUT2D eigenvalue weighted by atomic mass is 14.6. The summed E-state index contributed by atoms with van der Waals surface area (Å²) in [7, 11) is 0. The van der Waals surface area contributed by atoms with Crippen LogP contribution in [0, 0.1) is 11.8 Å². The molecular weight excluding hydrogens is 158 g/mol. The molecular formula is C12H19N. The first-order chi connectivity index (χ1) is 6.36. The van der Waals surface area contributed by atoms with Crippen LogP contribution in [0.15, 0.2) is 23.9 Å². The van der Waals surface area contributed by atoms with E-state index < -0.39 is 0 Å². The summed E-state index contributed by atoms with van der Waals surface area (Å²) in [4.78, 5) is 0. The lowest BCUT2D eigenvalue weighted by atomic mass is 9.77. The molecule has 1 nitrogen and oxygen atoms in total. The number of hydrogen-bond acceptors (Lipinski definition) is 1. The van der Waals surface area contributed by atoms with E-state index in [0.717, 1.165) is 24.0 Å². The van der Waals surface area contributed by atoms with Gasteiger partial charge in [-0.25, -0.2) is 0 Å². The topological polar surface area (TPSA) is 26.0 Å². The van der Waals surface area contributed by atoms with Crippen LogP contribution in [0.1, 0.15) is 38.5 Å². The van der Waals surface area contributed by atoms with Gasteiger partial charge < -0.3 is 5.73 Å². The van der Waals surface area contributed by atoms with E-state index in [1.54, 1.807) is 0 Å². The summed E-state index contributed by atoms with van der Waals surface area (Å²) >= 11 is 0. The van der Waals surface area contributed by atoms with E-state index in [0.29, 0.717) is 0 Å². The molecule has 2 rings (SSSR count). The first-order valence-corrected chi connectivity index (χ1v) is 5.49. The van der Waals surface area contributed by atoms with Crippen LogP contribution in [0.2, 0.25) is 0 Å². The highest BCUT2D eigenvalue weighted by Crippen LogP contribution is 2.34. The summed E-state index contributed by atoms with van der Waals surface area (Å²) in [6.07, 6.45) is 14.8. The molecule has 0 saturated heterocycles. The SMILES string of the molecule is NC1=CC=CC(C2CCCCC2)C1. The molecule has 1 heteroatoms. The normalized spacial score (nSPS) is 30.2. The van der Waals surface area contributed by atoms with Gasteiger partial charge in [0.25, 0.3) is 0 Å². The van der Waals surface area contributed by atoms with Crippen LogP contribution in [-0.2, 0) is 0 Å². The maximum atomic E-state index is 5.84. The Morgan fingerprint density at radius 2 is 1.92 bits per heavy atom. The first-order valence-electron chi connectivity index (χ1n) is 5.49. The molecule has 2 aliphatic carbocycles. The van der Waals surface area contributed by atoms with Crippen molar-refractivity contribution in [1.29, 1.82) is 0 Å². The molecule has 0 spiro atoms. The maximum absolute atomic E-state index is 5.84. The van der Waals surface area contributed by atoms with Crippen molar-refractivity contribution in [2.45, 2.75) is 38.5 Å². The van der Waals surface area contributed by atoms with Gasteiger partial charge in [0.1, 0.15) is 0 Å². The largest absolute Gasteiger partial charge is 0.402 e. The fraction of sp³-hybridized carbons (Fsp3) is 0.667. The average Bonchev–Trinajstić information content (AvgIpc) is 2.19. The van der Waals surface area contributed by atoms with Gasteiger partial charge in [-0.3, -0.25) is 0 Å². The van der Waals surface area contributed by atoms with Crippen LogP contribution in [0.25, 0.3) is 0 Å². The highest BCUT2D eigenvalue weighted by Gasteiger charge is 2.22. The fourth-order valence-corrected chi connectivity index (χ4v) is 2.62. The fourth-order valence-electron chi connectivity index (χ4n) is 2.62. The van der Waals surface area contributed by atoms with E-state index in [2.05, 4.69) is 12.2 Å². The van der Waals surface area contributed by atoms with E-state index in [4.69, 9.17) is 5.73 Å². The Kier molecular flexibility index (Phi) is 2.72. The molecule has 1 saturated carbocycles. The molecule has 0 bridgehead atoms. The van der Waals surface area contributed by atoms with Gasteiger partial charge in [-0.05, 0) is 37.2 Å². The van der Waals surface area contributed by atoms with E-state index in [9.17, 15) is 0 Å². The lowest BCUT2D eigenvalue weighted by Gasteiger charge is -2.29. The minimum absolute atomic E-state index is 0.741. The second kappa shape index (κ2) is 3.99. The van der Waals surface area contributed by atoms with E-state index >= 15 is 0 Å². The van der Waals surface area contributed by atoms with Crippen molar-refractivity contribution in [3.63, 3.8) is 0 Å². The lowest BCUT2D eigenvalue weighted by Crippen LogP contribution is -2.19. The molecule has 13 heavy (non-hydrogen) atoms. The van der Waals surface area contributed by atoms with E-state index in [1.807, 2.05) is 6.08 Å². The second-order valence-corrected chi connectivity index (χ2v) is 4.39. The molecule has 0 aromatic rings. The number of nitrogens with two attached hydrogens (primary N) is 1. The molecule has 72 valence electrons. The third kappa shape index (κ3) is 2.15. The Balaban J connectivity index is 1.93. The van der Waals surface area contributed by atoms with Gasteiger partial charge in [0.15, 0.2) is 0 Å². The van der Waals surface area contributed by atoms with Crippen LogP contribution < -0.4 is 5.73 Å². The van der Waals surface area contributed by atoms with Gasteiger partial charge in [-0.2, -0.15) is 0 Å². The quantitative estimate of drug-likeness (QED) is 0.654. The third-order valence-electron chi connectivity index (χ3n) is 3.40. The molecule has 0 radical (unpaired) electrons. The standard InChI is InChI=1S/C12H19N/c13-12-8-4-7-11(9-12)10-5-2-1-3-6-10/h4,7-8,10-11H,1-3,5-6,9,13H2. The molecule has 2 N–H and O–H groups in total. The molecule has 0 aromatic carbocycles. The monoisotopic (exact) mass is 177 g/mol. The number of allylic oxidation sites excluding steroid dienone is 4. The van der Waals surface area contributed by atoms with Crippen molar-refractivity contribution >= 4 is 0 Å². The van der Waals surface area contributed by atoms with Crippen molar-refractivity contribution in [2.24, 2.45) is 17.6 Å². The van der Waals surface area contributed by atoms with Crippen LogP contribution >= 0.6 is 0 Å². The highest BCUT2D eigenvalue weighted by molar-refractivity contribution is 5.18. The van der Waals surface area contributed by atoms with Crippen LogP contribution in [0.4, 0.5) is 0 Å². The Hall–Kier alpha value is -0.720. The lowest BCUT2D eigenvalue weighted by molar-refractivity contribution is 0.282. The molecule has 1 unspecified atom stereocenters. The minimum atomic E-state index is 0.741. The zero-order valence-corrected chi connectivity index (χ0v) is 8.21. The predicted octanol–water partition coefficient (Wildman–Crippen LogP) is 2.99. The summed E-state index contributed by atoms with van der Waals surface area (Å²) in [5, 5.41) is 0. The van der Waals surface area contributed by atoms with Gasteiger partial charge >= 0.3 is 0 Å². The molecule has 0 heterocycles. The Morgan fingerprint density at radius 3 is 2.62 bits per heavy atom. The molecule has 2 aliphatic rings. The summed E-state index contributed by atoms with van der Waals surface area (Å²) in [5.41, 5.74) is 6.91. The van der Waals surface area contributed by atoms with Crippen LogP contribution in [0.5, 0.6) is 0 Å². The predicted molar refractivity (Wildman–Crippen MR) is 56.1 cm³/mol. The minimum Gasteiger partial charge on any atom is -0.402 e. The summed E-state index contributed by atoms with van der Waals surface area (Å²) in [6.45, 7) is 0. The van der Waals surface area contributed by atoms with Crippen molar-refractivity contribution < 1.29 is 0 Å². The molecule has 0 aromatic heterocycles. The smallest absolute Gasteiger partial charge is 0.00863 e. The van der Waals surface area contributed by atoms with E-state index in [-0.39, 0.29) is 0 Å². The van der Waals surface area contributed by atoms with Crippen molar-refractivity contribution in [1.82, 2.24) is 0 Å². The van der Waals surface area contributed by atoms with Crippen molar-refractivity contribution in [3.8, 4) is 0 Å². The molecule has 0 amide bonds. The molecule has 1 fully saturated rings. The Morgan fingerprint density at radius 1 is 1.15 bits per heavy atom. The first kappa shape index (κ1) is 8.86. The zero-order chi connectivity index (χ0) is 9.10. The van der Waals surface area contributed by atoms with Gasteiger partial charge in [0, 0.05) is 5.70 Å². The number of rotatable bonds is 1. The summed E-state index contributed by atoms with van der Waals surface area (Å²) < 4.78 is 0. The Bertz CT molecular complexity index is 221.